The number of hydrogen-bond donors (Lipinski definition) is 2. The Labute approximate surface area is 109 Å². The van der Waals surface area contributed by atoms with Gasteiger partial charge in [0.05, 0.1) is 18.1 Å². The van der Waals surface area contributed by atoms with Crippen LogP contribution in [0, 0.1) is 0 Å². The van der Waals surface area contributed by atoms with Crippen molar-refractivity contribution >= 4 is 5.71 Å². The van der Waals surface area contributed by atoms with Crippen molar-refractivity contribution < 1.29 is 0 Å². The molecule has 0 bridgehead atoms. The van der Waals surface area contributed by atoms with Gasteiger partial charge in [0.2, 0.25) is 0 Å². The van der Waals surface area contributed by atoms with Crippen LogP contribution < -0.4 is 10.6 Å². The monoisotopic (exact) mass is 243 g/mol. The normalized spacial score (nSPS) is 23.1. The topological polar surface area (TPSA) is 36.4 Å². The molecule has 0 aromatic carbocycles. The van der Waals surface area contributed by atoms with Crippen LogP contribution in [0.25, 0.3) is 0 Å². The smallest absolute Gasteiger partial charge is 0.0927 e. The van der Waals surface area contributed by atoms with Gasteiger partial charge in [-0.15, -0.1) is 0 Å². The fourth-order valence-corrected chi connectivity index (χ4v) is 1.51. The summed E-state index contributed by atoms with van der Waals surface area (Å²) in [5.41, 5.74) is 2.73. The molecular weight excluding hydrogens is 222 g/mol. The molecule has 2 N–H and O–H groups in total. The Hall–Kier alpha value is -1.87. The third kappa shape index (κ3) is 4.55. The molecule has 0 aromatic heterocycles. The summed E-state index contributed by atoms with van der Waals surface area (Å²) < 4.78 is 0. The van der Waals surface area contributed by atoms with Gasteiger partial charge < -0.3 is 5.32 Å². The third-order valence-electron chi connectivity index (χ3n) is 2.37. The average molecular weight is 243 g/mol. The van der Waals surface area contributed by atoms with Gasteiger partial charge in [-0.25, -0.2) is 0 Å². The maximum Gasteiger partial charge on any atom is 0.0927 e. The van der Waals surface area contributed by atoms with E-state index >= 15 is 0 Å². The van der Waals surface area contributed by atoms with Crippen molar-refractivity contribution in [2.24, 2.45) is 4.99 Å². The predicted molar refractivity (Wildman–Crippen MR) is 79.4 cm³/mol. The maximum absolute atomic E-state index is 4.48. The van der Waals surface area contributed by atoms with E-state index in [1.54, 1.807) is 0 Å². The number of nitrogens with zero attached hydrogens (tertiary/aromatic N) is 1. The van der Waals surface area contributed by atoms with Crippen LogP contribution in [-0.2, 0) is 0 Å². The molecule has 0 unspecified atom stereocenters. The second-order valence-corrected chi connectivity index (χ2v) is 3.80. The fourth-order valence-electron chi connectivity index (χ4n) is 1.51. The Morgan fingerprint density at radius 2 is 2.22 bits per heavy atom. The summed E-state index contributed by atoms with van der Waals surface area (Å²) >= 11 is 0. The van der Waals surface area contributed by atoms with Crippen molar-refractivity contribution in [2.75, 3.05) is 13.2 Å². The lowest BCUT2D eigenvalue weighted by Gasteiger charge is -2.12. The number of nitrogens with one attached hydrogen (secondary N) is 2. The molecule has 1 aliphatic rings. The maximum atomic E-state index is 4.48. The van der Waals surface area contributed by atoms with Crippen molar-refractivity contribution in [1.29, 1.82) is 0 Å². The van der Waals surface area contributed by atoms with Crippen LogP contribution in [0.2, 0.25) is 0 Å². The largest absolute Gasteiger partial charge is 0.371 e. The summed E-state index contributed by atoms with van der Waals surface area (Å²) in [6.07, 6.45) is 13.9. The molecule has 96 valence electrons. The van der Waals surface area contributed by atoms with Gasteiger partial charge >= 0.3 is 0 Å². The van der Waals surface area contributed by atoms with Gasteiger partial charge in [0.1, 0.15) is 0 Å². The summed E-state index contributed by atoms with van der Waals surface area (Å²) in [5.74, 6) is 0. The van der Waals surface area contributed by atoms with E-state index in [4.69, 9.17) is 0 Å². The third-order valence-corrected chi connectivity index (χ3v) is 2.37. The van der Waals surface area contributed by atoms with Gasteiger partial charge in [0.15, 0.2) is 0 Å². The highest BCUT2D eigenvalue weighted by Gasteiger charge is 2.08. The highest BCUT2D eigenvalue weighted by molar-refractivity contribution is 6.13. The van der Waals surface area contributed by atoms with E-state index in [0.29, 0.717) is 6.67 Å². The first kappa shape index (κ1) is 14.2. The molecule has 0 aliphatic carbocycles. The van der Waals surface area contributed by atoms with E-state index in [-0.39, 0.29) is 0 Å². The van der Waals surface area contributed by atoms with Gasteiger partial charge in [0.25, 0.3) is 0 Å². The minimum Gasteiger partial charge on any atom is -0.371 e. The highest BCUT2D eigenvalue weighted by Crippen LogP contribution is 2.09. The zero-order valence-electron chi connectivity index (χ0n) is 11.1. The fraction of sp³-hybridized carbons (Fsp3) is 0.267. The van der Waals surface area contributed by atoms with Gasteiger partial charge in [-0.1, -0.05) is 43.0 Å². The predicted octanol–water partition coefficient (Wildman–Crippen LogP) is 2.68. The van der Waals surface area contributed by atoms with Crippen LogP contribution in [0.15, 0.2) is 65.5 Å². The van der Waals surface area contributed by atoms with Gasteiger partial charge in [-0.2, -0.15) is 0 Å². The molecule has 18 heavy (non-hydrogen) atoms. The molecule has 0 aromatic rings. The number of hydrogen-bond acceptors (Lipinski definition) is 3. The Morgan fingerprint density at radius 3 is 2.94 bits per heavy atom. The summed E-state index contributed by atoms with van der Waals surface area (Å²) in [4.78, 5) is 4.48. The molecule has 0 saturated heterocycles. The summed E-state index contributed by atoms with van der Waals surface area (Å²) in [6, 6.07) is 0. The quantitative estimate of drug-likeness (QED) is 0.748. The van der Waals surface area contributed by atoms with Crippen molar-refractivity contribution in [3.8, 4) is 0 Å². The van der Waals surface area contributed by atoms with E-state index < -0.39 is 0 Å². The standard InChI is InChI=1S/C15H21N3/c1-4-6-9-14(8-5-2)15-13(3)18-12-16-10-7-11-17-15/h4-9,11,16,18H,3,10,12H2,1-2H3/b6-4-,8-5-,11-7-,14-9+,17-15+. The van der Waals surface area contributed by atoms with Crippen molar-refractivity contribution in [2.45, 2.75) is 13.8 Å². The van der Waals surface area contributed by atoms with Crippen LogP contribution in [0.4, 0.5) is 0 Å². The first-order valence-corrected chi connectivity index (χ1v) is 6.12. The number of rotatable bonds is 3. The second-order valence-electron chi connectivity index (χ2n) is 3.80. The van der Waals surface area contributed by atoms with Crippen LogP contribution in [0.5, 0.6) is 0 Å². The summed E-state index contributed by atoms with van der Waals surface area (Å²) in [7, 11) is 0. The molecule has 0 radical (unpaired) electrons. The molecule has 1 rings (SSSR count). The SMILES string of the molecule is C=C1NCNC/C=C\N=C/1C(=C/C=C\C)/C=C\C. The van der Waals surface area contributed by atoms with Crippen LogP contribution in [-0.4, -0.2) is 18.9 Å². The lowest BCUT2D eigenvalue weighted by molar-refractivity contribution is 0.691. The minimum absolute atomic E-state index is 0.689. The van der Waals surface area contributed by atoms with Gasteiger partial charge in [-0.05, 0) is 13.8 Å². The van der Waals surface area contributed by atoms with Crippen LogP contribution in [0.1, 0.15) is 13.8 Å². The lowest BCUT2D eigenvalue weighted by atomic mass is 10.1. The minimum atomic E-state index is 0.689. The molecule has 0 saturated carbocycles. The first-order valence-electron chi connectivity index (χ1n) is 6.12. The zero-order valence-corrected chi connectivity index (χ0v) is 11.1. The van der Waals surface area contributed by atoms with E-state index in [9.17, 15) is 0 Å². The molecule has 0 spiro atoms. The second kappa shape index (κ2) is 8.25. The molecule has 0 fully saturated rings. The lowest BCUT2D eigenvalue weighted by Crippen LogP contribution is -2.30. The van der Waals surface area contributed by atoms with Crippen molar-refractivity contribution in [1.82, 2.24) is 10.6 Å². The number of aliphatic imine (C=N–C) groups is 1. The number of allylic oxidation sites excluding steroid dienone is 6. The van der Waals surface area contributed by atoms with Gasteiger partial charge in [0, 0.05) is 18.3 Å². The van der Waals surface area contributed by atoms with E-state index in [1.807, 2.05) is 56.5 Å². The molecular formula is C15H21N3. The van der Waals surface area contributed by atoms with E-state index in [2.05, 4.69) is 22.2 Å². The molecule has 1 heterocycles. The van der Waals surface area contributed by atoms with Crippen LogP contribution in [0.3, 0.4) is 0 Å². The van der Waals surface area contributed by atoms with E-state index in [0.717, 1.165) is 23.5 Å². The van der Waals surface area contributed by atoms with Crippen molar-refractivity contribution in [3.63, 3.8) is 0 Å². The molecule has 3 nitrogen and oxygen atoms in total. The summed E-state index contributed by atoms with van der Waals surface area (Å²) in [5, 5.41) is 6.42. The Balaban J connectivity index is 3.08. The first-order chi connectivity index (χ1) is 8.79. The Bertz CT molecular complexity index is 423. The zero-order chi connectivity index (χ0) is 13.2. The Morgan fingerprint density at radius 1 is 1.39 bits per heavy atom. The summed E-state index contributed by atoms with van der Waals surface area (Å²) in [6.45, 7) is 9.51. The molecule has 3 heteroatoms. The molecule has 1 aliphatic heterocycles. The average Bonchev–Trinajstić information content (AvgIpc) is 2.47. The molecule has 0 amide bonds. The van der Waals surface area contributed by atoms with E-state index in [1.165, 1.54) is 0 Å². The van der Waals surface area contributed by atoms with Crippen LogP contribution >= 0.6 is 0 Å². The highest BCUT2D eigenvalue weighted by atomic mass is 15.1. The van der Waals surface area contributed by atoms with Crippen molar-refractivity contribution in [3.05, 3.63) is 60.5 Å². The van der Waals surface area contributed by atoms with Gasteiger partial charge in [-0.3, -0.25) is 10.3 Å². The molecule has 0 atom stereocenters. The Kier molecular flexibility index (Phi) is 6.51.